The van der Waals surface area contributed by atoms with Gasteiger partial charge in [-0.05, 0) is 33.8 Å². The molecule has 0 spiro atoms. The lowest BCUT2D eigenvalue weighted by Crippen LogP contribution is -2.28. The third kappa shape index (κ3) is 4.07. The summed E-state index contributed by atoms with van der Waals surface area (Å²) in [6.45, 7) is 6.59. The molecule has 0 bridgehead atoms. The Labute approximate surface area is 160 Å². The number of halogens is 1. The Hall–Kier alpha value is -2.96. The van der Waals surface area contributed by atoms with E-state index in [1.165, 1.54) is 0 Å². The number of benzene rings is 1. The minimum Gasteiger partial charge on any atom is -0.457 e. The zero-order chi connectivity index (χ0) is 20.4. The van der Waals surface area contributed by atoms with Crippen LogP contribution < -0.4 is 0 Å². The second-order valence-electron chi connectivity index (χ2n) is 6.50. The molecule has 142 valence electrons. The normalized spacial score (nSPS) is 11.0. The van der Waals surface area contributed by atoms with Crippen molar-refractivity contribution in [1.82, 2.24) is 4.57 Å². The average molecular weight is 392 g/mol. The zero-order valence-electron chi connectivity index (χ0n) is 15.3. The molecule has 0 saturated heterocycles. The smallest absolute Gasteiger partial charge is 0.446 e. The first-order valence-electron chi connectivity index (χ1n) is 8.08. The predicted molar refractivity (Wildman–Crippen MR) is 98.2 cm³/mol. The third-order valence-corrected chi connectivity index (χ3v) is 3.76. The molecule has 9 heteroatoms. The summed E-state index contributed by atoms with van der Waals surface area (Å²) in [5.41, 5.74) is 7.62. The van der Waals surface area contributed by atoms with Gasteiger partial charge in [0, 0.05) is 5.39 Å². The lowest BCUT2D eigenvalue weighted by molar-refractivity contribution is -0.139. The highest BCUT2D eigenvalue weighted by atomic mass is 35.5. The van der Waals surface area contributed by atoms with Crippen molar-refractivity contribution in [3.8, 4) is 0 Å². The van der Waals surface area contributed by atoms with E-state index in [0.29, 0.717) is 10.9 Å². The van der Waals surface area contributed by atoms with E-state index in [4.69, 9.17) is 26.6 Å². The quantitative estimate of drug-likeness (QED) is 0.198. The number of nitrogens with zero attached hydrogens (tertiary/aromatic N) is 3. The predicted octanol–water partition coefficient (Wildman–Crippen LogP) is 3.49. The van der Waals surface area contributed by atoms with Crippen molar-refractivity contribution in [2.75, 3.05) is 6.61 Å². The molecule has 0 N–H and O–H groups in total. The molecule has 0 radical (unpaired) electrons. The molecule has 0 atom stereocenters. The Morgan fingerprint density at radius 3 is 2.41 bits per heavy atom. The van der Waals surface area contributed by atoms with E-state index in [-0.39, 0.29) is 17.3 Å². The van der Waals surface area contributed by atoms with E-state index in [0.717, 1.165) is 4.57 Å². The highest BCUT2D eigenvalue weighted by molar-refractivity contribution is 6.67. The Morgan fingerprint density at radius 2 is 1.85 bits per heavy atom. The summed E-state index contributed by atoms with van der Waals surface area (Å²) in [4.78, 5) is 40.0. The van der Waals surface area contributed by atoms with Crippen LogP contribution in [0.3, 0.4) is 0 Å². The summed E-state index contributed by atoms with van der Waals surface area (Å²) in [5, 5.41) is 0.0321. The monoisotopic (exact) mass is 391 g/mol. The topological polar surface area (TPSA) is 111 Å². The number of hydrogen-bond donors (Lipinski definition) is 0. The lowest BCUT2D eigenvalue weighted by atomic mass is 10.1. The number of hydrogen-bond acceptors (Lipinski definition) is 5. The van der Waals surface area contributed by atoms with E-state index >= 15 is 0 Å². The van der Waals surface area contributed by atoms with Gasteiger partial charge in [0.25, 0.3) is 5.78 Å². The minimum atomic E-state index is -1.10. The van der Waals surface area contributed by atoms with E-state index < -0.39 is 29.2 Å². The van der Waals surface area contributed by atoms with Crippen LogP contribution in [-0.4, -0.2) is 45.1 Å². The standard InChI is InChI=1S/C18H18ClN3O5/c1-5-26-16(24)13(21-20)14(23)12-10-8-6-7-9-11(10)22(15(12)19)17(25)27-18(2,3)4/h6-9H,5H2,1-4H3. The van der Waals surface area contributed by atoms with Crippen molar-refractivity contribution in [1.29, 1.82) is 0 Å². The highest BCUT2D eigenvalue weighted by Gasteiger charge is 2.37. The number of ketones is 1. The summed E-state index contributed by atoms with van der Waals surface area (Å²) in [6, 6.07) is 6.41. The summed E-state index contributed by atoms with van der Waals surface area (Å²) in [5.74, 6) is -2.07. The van der Waals surface area contributed by atoms with Crippen LogP contribution in [0.15, 0.2) is 24.3 Å². The molecule has 2 rings (SSSR count). The van der Waals surface area contributed by atoms with Gasteiger partial charge in [0.05, 0.1) is 17.7 Å². The van der Waals surface area contributed by atoms with Gasteiger partial charge >= 0.3 is 17.8 Å². The molecule has 1 aromatic heterocycles. The molecule has 1 aromatic carbocycles. The molecule has 0 saturated carbocycles. The van der Waals surface area contributed by atoms with Gasteiger partial charge in [-0.3, -0.25) is 4.79 Å². The second-order valence-corrected chi connectivity index (χ2v) is 6.85. The van der Waals surface area contributed by atoms with Crippen LogP contribution in [0.25, 0.3) is 16.4 Å². The van der Waals surface area contributed by atoms with Gasteiger partial charge in [-0.25, -0.2) is 14.2 Å². The molecule has 8 nitrogen and oxygen atoms in total. The number of carbonyl (C=O) groups is 3. The van der Waals surface area contributed by atoms with Gasteiger partial charge < -0.3 is 15.0 Å². The number of rotatable bonds is 4. The summed E-state index contributed by atoms with van der Waals surface area (Å²) < 4.78 is 11.1. The number of carbonyl (C=O) groups excluding carboxylic acids is 3. The van der Waals surface area contributed by atoms with Crippen molar-refractivity contribution >= 4 is 46.1 Å². The minimum absolute atomic E-state index is 0.0153. The van der Waals surface area contributed by atoms with Gasteiger partial charge in [-0.15, -0.1) is 0 Å². The van der Waals surface area contributed by atoms with Gasteiger partial charge in [0.15, 0.2) is 0 Å². The fourth-order valence-corrected chi connectivity index (χ4v) is 2.76. The average Bonchev–Trinajstić information content (AvgIpc) is 2.85. The molecule has 1 heterocycles. The van der Waals surface area contributed by atoms with Crippen molar-refractivity contribution in [2.24, 2.45) is 0 Å². The first kappa shape index (κ1) is 20.4. The summed E-state index contributed by atoms with van der Waals surface area (Å²) in [6.07, 6.45) is -0.790. The van der Waals surface area contributed by atoms with Gasteiger partial charge in [-0.2, -0.15) is 4.79 Å². The van der Waals surface area contributed by atoms with Crippen LogP contribution in [-0.2, 0) is 14.3 Å². The van der Waals surface area contributed by atoms with Crippen LogP contribution >= 0.6 is 11.6 Å². The fourth-order valence-electron chi connectivity index (χ4n) is 2.41. The summed E-state index contributed by atoms with van der Waals surface area (Å²) >= 11 is 6.31. The first-order chi connectivity index (χ1) is 12.6. The van der Waals surface area contributed by atoms with E-state index in [2.05, 4.69) is 4.79 Å². The zero-order valence-corrected chi connectivity index (χ0v) is 16.0. The molecule has 0 aliphatic heterocycles. The van der Waals surface area contributed by atoms with Crippen LogP contribution in [0.1, 0.15) is 38.1 Å². The van der Waals surface area contributed by atoms with Crippen molar-refractivity contribution < 1.29 is 28.6 Å². The van der Waals surface area contributed by atoms with Crippen LogP contribution in [0, 0.1) is 0 Å². The van der Waals surface area contributed by atoms with Gasteiger partial charge in [-0.1, -0.05) is 29.8 Å². The van der Waals surface area contributed by atoms with Gasteiger partial charge in [0.1, 0.15) is 10.8 Å². The van der Waals surface area contributed by atoms with Crippen molar-refractivity contribution in [3.05, 3.63) is 40.5 Å². The number of para-hydroxylation sites is 1. The van der Waals surface area contributed by atoms with Crippen LogP contribution in [0.2, 0.25) is 5.15 Å². The SMILES string of the molecule is CCOC(=O)C(=[N+]=[N-])C(=O)c1c(Cl)n(C(=O)OC(C)(C)C)c2ccccc12. The third-order valence-electron chi connectivity index (χ3n) is 3.40. The highest BCUT2D eigenvalue weighted by Crippen LogP contribution is 2.31. The Kier molecular flexibility index (Phi) is 5.83. The van der Waals surface area contributed by atoms with E-state index in [1.54, 1.807) is 52.0 Å². The first-order valence-corrected chi connectivity index (χ1v) is 8.46. The Morgan fingerprint density at radius 1 is 1.22 bits per heavy atom. The molecule has 0 unspecified atom stereocenters. The molecule has 0 aliphatic rings. The summed E-state index contributed by atoms with van der Waals surface area (Å²) in [7, 11) is 0. The maximum absolute atomic E-state index is 12.8. The van der Waals surface area contributed by atoms with Gasteiger partial charge in [0.2, 0.25) is 0 Å². The number of Topliss-reactive ketones (excluding diaryl/α,β-unsaturated/α-hetero) is 1. The van der Waals surface area contributed by atoms with Crippen molar-refractivity contribution in [2.45, 2.75) is 33.3 Å². The Bertz CT molecular complexity index is 981. The molecular weight excluding hydrogens is 374 g/mol. The molecule has 27 heavy (non-hydrogen) atoms. The van der Waals surface area contributed by atoms with E-state index in [9.17, 15) is 14.4 Å². The van der Waals surface area contributed by atoms with Crippen LogP contribution in [0.5, 0.6) is 0 Å². The van der Waals surface area contributed by atoms with Crippen molar-refractivity contribution in [3.63, 3.8) is 0 Å². The molecule has 0 fully saturated rings. The maximum Gasteiger partial charge on any atom is 0.446 e. The largest absolute Gasteiger partial charge is 0.457 e. The fraction of sp³-hybridized carbons (Fsp3) is 0.333. The number of ether oxygens (including phenoxy) is 2. The van der Waals surface area contributed by atoms with E-state index in [1.807, 2.05) is 0 Å². The molecule has 2 aromatic rings. The Balaban J connectivity index is 2.67. The maximum atomic E-state index is 12.8. The molecule has 0 aliphatic carbocycles. The number of fused-ring (bicyclic) bond motifs is 1. The number of esters is 1. The van der Waals surface area contributed by atoms with Crippen LogP contribution in [0.4, 0.5) is 4.79 Å². The number of aromatic nitrogens is 1. The molecular formula is C18H18ClN3O5. The lowest BCUT2D eigenvalue weighted by Gasteiger charge is -2.20. The molecule has 0 amide bonds. The second kappa shape index (κ2) is 7.73.